The van der Waals surface area contributed by atoms with Crippen molar-refractivity contribution in [2.24, 2.45) is 0 Å². The Morgan fingerprint density at radius 3 is 2.34 bits per heavy atom. The zero-order chi connectivity index (χ0) is 32.7. The average Bonchev–Trinajstić information content (AvgIpc) is 3.62. The number of hydrogen-bond acceptors (Lipinski definition) is 10. The third-order valence-corrected chi connectivity index (χ3v) is 9.09. The Bertz CT molecular complexity index is 2100. The number of H-pyrrole nitrogens is 2. The van der Waals surface area contributed by atoms with Crippen LogP contribution in [-0.2, 0) is 0 Å². The fraction of sp³-hybridized carbons (Fsp3) is 0.353. The van der Waals surface area contributed by atoms with Gasteiger partial charge in [0.15, 0.2) is 0 Å². The van der Waals surface area contributed by atoms with Gasteiger partial charge in [-0.1, -0.05) is 25.0 Å². The van der Waals surface area contributed by atoms with Crippen molar-refractivity contribution in [1.82, 2.24) is 34.8 Å². The zero-order valence-electron chi connectivity index (χ0n) is 26.6. The number of carbonyl (C=O) groups is 1. The number of amides is 1. The summed E-state index contributed by atoms with van der Waals surface area (Å²) in [4.78, 5) is 60.3. The Hall–Kier alpha value is -5.30. The number of hydrazine groups is 1. The first-order valence-corrected chi connectivity index (χ1v) is 15.8. The van der Waals surface area contributed by atoms with Gasteiger partial charge < -0.3 is 24.3 Å². The predicted molar refractivity (Wildman–Crippen MR) is 178 cm³/mol. The number of rotatable bonds is 7. The molecule has 7 rings (SSSR count). The van der Waals surface area contributed by atoms with Gasteiger partial charge in [0.25, 0.3) is 11.5 Å². The first-order valence-electron chi connectivity index (χ1n) is 15.8. The van der Waals surface area contributed by atoms with Gasteiger partial charge in [-0.2, -0.15) is 4.98 Å². The summed E-state index contributed by atoms with van der Waals surface area (Å²) in [7, 11) is 3.03. The Morgan fingerprint density at radius 1 is 0.894 bits per heavy atom. The van der Waals surface area contributed by atoms with E-state index in [1.54, 1.807) is 42.5 Å². The summed E-state index contributed by atoms with van der Waals surface area (Å²) in [6.45, 7) is 4.10. The summed E-state index contributed by atoms with van der Waals surface area (Å²) in [6, 6.07) is 12.0. The van der Waals surface area contributed by atoms with E-state index >= 15 is 0 Å². The number of piperazine rings is 1. The van der Waals surface area contributed by atoms with E-state index < -0.39 is 0 Å². The Morgan fingerprint density at radius 2 is 1.64 bits per heavy atom. The summed E-state index contributed by atoms with van der Waals surface area (Å²) in [6.07, 6.45) is 4.50. The highest BCUT2D eigenvalue weighted by atomic mass is 16.5. The minimum atomic E-state index is -0.330. The zero-order valence-corrected chi connectivity index (χ0v) is 26.6. The first kappa shape index (κ1) is 30.4. The molecule has 2 aliphatic rings. The third-order valence-electron chi connectivity index (χ3n) is 9.09. The van der Waals surface area contributed by atoms with Crippen molar-refractivity contribution in [1.29, 1.82) is 0 Å². The summed E-state index contributed by atoms with van der Waals surface area (Å²) in [5.74, 6) is 2.00. The lowest BCUT2D eigenvalue weighted by molar-refractivity contribution is 0.0662. The molecule has 1 aliphatic carbocycles. The largest absolute Gasteiger partial charge is 0.497 e. The second kappa shape index (κ2) is 12.5. The van der Waals surface area contributed by atoms with E-state index in [4.69, 9.17) is 14.5 Å². The van der Waals surface area contributed by atoms with E-state index in [1.165, 1.54) is 27.1 Å². The van der Waals surface area contributed by atoms with E-state index in [-0.39, 0.29) is 17.0 Å². The SMILES string of the molecule is COc1cc(OC)c2c(=O)[nH]c(-c3ccc(C(=O)N4CCN(Nc5nc(C6CCCC6)c6c(C)cc(=O)[nH]c6n5)CC4)cc3)nc2c1. The number of hydrogen-bond donors (Lipinski definition) is 3. The van der Waals surface area contributed by atoms with Crippen molar-refractivity contribution >= 4 is 33.8 Å². The van der Waals surface area contributed by atoms with Crippen LogP contribution in [0.25, 0.3) is 33.3 Å². The number of aromatic nitrogens is 5. The van der Waals surface area contributed by atoms with E-state index in [1.807, 2.05) is 16.8 Å². The van der Waals surface area contributed by atoms with E-state index in [2.05, 4.69) is 25.4 Å². The summed E-state index contributed by atoms with van der Waals surface area (Å²) in [5, 5.41) is 3.28. The summed E-state index contributed by atoms with van der Waals surface area (Å²) in [5.41, 5.74) is 6.90. The van der Waals surface area contributed by atoms with Gasteiger partial charge in [-0.15, -0.1) is 0 Å². The molecule has 1 amide bonds. The molecule has 0 unspecified atom stereocenters. The summed E-state index contributed by atoms with van der Waals surface area (Å²) >= 11 is 0. The number of methoxy groups -OCH3 is 2. The minimum Gasteiger partial charge on any atom is -0.497 e. The van der Waals surface area contributed by atoms with Gasteiger partial charge in [0.05, 0.1) is 25.4 Å². The number of nitrogens with one attached hydrogen (secondary N) is 3. The molecule has 13 heteroatoms. The third kappa shape index (κ3) is 5.89. The highest BCUT2D eigenvalue weighted by molar-refractivity contribution is 5.95. The maximum atomic E-state index is 13.4. The molecule has 2 fully saturated rings. The van der Waals surface area contributed by atoms with Gasteiger partial charge in [0.1, 0.15) is 28.4 Å². The quantitative estimate of drug-likeness (QED) is 0.239. The van der Waals surface area contributed by atoms with Crippen LogP contribution in [0.4, 0.5) is 5.95 Å². The normalized spacial score (nSPS) is 15.8. The molecule has 1 saturated carbocycles. The molecule has 5 aromatic rings. The number of benzene rings is 2. The van der Waals surface area contributed by atoms with Crippen LogP contribution in [0.1, 0.15) is 53.2 Å². The average molecular weight is 637 g/mol. The van der Waals surface area contributed by atoms with Crippen LogP contribution in [0, 0.1) is 6.92 Å². The van der Waals surface area contributed by atoms with Gasteiger partial charge >= 0.3 is 0 Å². The van der Waals surface area contributed by atoms with Gasteiger partial charge in [0, 0.05) is 66.8 Å². The molecule has 13 nitrogen and oxygen atoms in total. The maximum absolute atomic E-state index is 13.4. The molecule has 1 aliphatic heterocycles. The predicted octanol–water partition coefficient (Wildman–Crippen LogP) is 3.99. The van der Waals surface area contributed by atoms with Crippen LogP contribution in [0.5, 0.6) is 11.5 Å². The molecule has 3 aromatic heterocycles. The number of pyridine rings is 1. The number of aryl methyl sites for hydroxylation is 1. The van der Waals surface area contributed by atoms with E-state index in [9.17, 15) is 14.4 Å². The van der Waals surface area contributed by atoms with Gasteiger partial charge in [-0.25, -0.2) is 15.0 Å². The lowest BCUT2D eigenvalue weighted by Crippen LogP contribution is -2.50. The lowest BCUT2D eigenvalue weighted by atomic mass is 9.98. The number of carbonyl (C=O) groups excluding carboxylic acids is 1. The molecule has 2 aromatic carbocycles. The van der Waals surface area contributed by atoms with Crippen LogP contribution in [-0.4, -0.2) is 81.1 Å². The second-order valence-corrected chi connectivity index (χ2v) is 12.1. The molecule has 1 saturated heterocycles. The second-order valence-electron chi connectivity index (χ2n) is 12.1. The van der Waals surface area contributed by atoms with E-state index in [0.29, 0.717) is 83.0 Å². The number of aromatic amines is 2. The molecule has 4 heterocycles. The molecule has 0 atom stereocenters. The molecule has 47 heavy (non-hydrogen) atoms. The van der Waals surface area contributed by atoms with Gasteiger partial charge in [0.2, 0.25) is 11.5 Å². The number of anilines is 1. The molecule has 242 valence electrons. The van der Waals surface area contributed by atoms with Crippen LogP contribution in [0.15, 0.2) is 52.1 Å². The van der Waals surface area contributed by atoms with Crippen molar-refractivity contribution in [3.05, 3.63) is 80.0 Å². The van der Waals surface area contributed by atoms with Crippen LogP contribution in [0.2, 0.25) is 0 Å². The fourth-order valence-electron chi connectivity index (χ4n) is 6.67. The summed E-state index contributed by atoms with van der Waals surface area (Å²) < 4.78 is 10.7. The van der Waals surface area contributed by atoms with Crippen molar-refractivity contribution in [3.63, 3.8) is 0 Å². The minimum absolute atomic E-state index is 0.0795. The van der Waals surface area contributed by atoms with Crippen molar-refractivity contribution < 1.29 is 14.3 Å². The Labute approximate surface area is 269 Å². The molecule has 0 radical (unpaired) electrons. The smallest absolute Gasteiger partial charge is 0.262 e. The topological polar surface area (TPSA) is 158 Å². The molecule has 3 N–H and O–H groups in total. The molecule has 0 spiro atoms. The van der Waals surface area contributed by atoms with Crippen molar-refractivity contribution in [3.8, 4) is 22.9 Å². The maximum Gasteiger partial charge on any atom is 0.262 e. The number of ether oxygens (including phenoxy) is 2. The Balaban J connectivity index is 1.04. The van der Waals surface area contributed by atoms with Crippen LogP contribution >= 0.6 is 0 Å². The van der Waals surface area contributed by atoms with E-state index in [0.717, 1.165) is 29.5 Å². The number of fused-ring (bicyclic) bond motifs is 2. The van der Waals surface area contributed by atoms with Gasteiger partial charge in [-0.3, -0.25) is 19.8 Å². The molecular weight excluding hydrogens is 600 g/mol. The monoisotopic (exact) mass is 636 g/mol. The van der Waals surface area contributed by atoms with Crippen molar-refractivity contribution in [2.75, 3.05) is 45.8 Å². The standard InChI is InChI=1S/C34H36N8O5/c1-19-16-26(43)36-31-27(19)29(20-6-4-5-7-20)37-34(39-31)40-42-14-12-41(13-15-42)33(45)22-10-8-21(9-11-22)30-35-24-17-23(46-2)18-25(47-3)28(24)32(44)38-30/h8-11,16-18,20H,4-7,12-15H2,1-3H3,(H,35,38,44)(H2,36,37,39,40,43). The molecular formula is C34H36N8O5. The highest BCUT2D eigenvalue weighted by Crippen LogP contribution is 2.37. The number of nitrogens with zero attached hydrogens (tertiary/aromatic N) is 5. The Kier molecular flexibility index (Phi) is 8.06. The molecule has 0 bridgehead atoms. The van der Waals surface area contributed by atoms with Crippen LogP contribution in [0.3, 0.4) is 0 Å². The first-order chi connectivity index (χ1) is 22.8. The van der Waals surface area contributed by atoms with Crippen molar-refractivity contribution in [2.45, 2.75) is 38.5 Å². The fourth-order valence-corrected chi connectivity index (χ4v) is 6.67. The lowest BCUT2D eigenvalue weighted by Gasteiger charge is -2.34. The highest BCUT2D eigenvalue weighted by Gasteiger charge is 2.26. The van der Waals surface area contributed by atoms with Crippen LogP contribution < -0.4 is 26.0 Å². The van der Waals surface area contributed by atoms with Gasteiger partial charge in [-0.05, 0) is 37.5 Å².